The Bertz CT molecular complexity index is 1040. The van der Waals surface area contributed by atoms with E-state index in [1.54, 1.807) is 24.4 Å². The SMILES string of the molecule is Cc1coc(NC(=O)c2csc(C3CCN(C(=O)Cc4ccc(F)cc4)CC3)n2)n1. The molecule has 3 heterocycles. The number of nitrogens with zero attached hydrogens (tertiary/aromatic N) is 3. The fraction of sp³-hybridized carbons (Fsp3) is 0.333. The van der Waals surface area contributed by atoms with Gasteiger partial charge in [0, 0.05) is 24.4 Å². The zero-order valence-electron chi connectivity index (χ0n) is 16.4. The predicted octanol–water partition coefficient (Wildman–Crippen LogP) is 3.78. The number of likely N-dealkylation sites (tertiary alicyclic amines) is 1. The van der Waals surface area contributed by atoms with E-state index >= 15 is 0 Å². The number of benzene rings is 1. The molecule has 9 heteroatoms. The molecule has 1 saturated heterocycles. The van der Waals surface area contributed by atoms with Gasteiger partial charge in [0.05, 0.1) is 17.1 Å². The molecule has 1 aliphatic heterocycles. The molecule has 1 aromatic carbocycles. The van der Waals surface area contributed by atoms with Crippen molar-refractivity contribution in [2.24, 2.45) is 0 Å². The molecular weight excluding hydrogens is 407 g/mol. The molecule has 0 radical (unpaired) electrons. The molecule has 7 nitrogen and oxygen atoms in total. The zero-order chi connectivity index (χ0) is 21.1. The predicted molar refractivity (Wildman–Crippen MR) is 110 cm³/mol. The van der Waals surface area contributed by atoms with Gasteiger partial charge in [0.1, 0.15) is 17.8 Å². The van der Waals surface area contributed by atoms with Crippen molar-refractivity contribution in [3.05, 3.63) is 63.7 Å². The molecule has 0 unspecified atom stereocenters. The first-order valence-corrected chi connectivity index (χ1v) is 10.6. The summed E-state index contributed by atoms with van der Waals surface area (Å²) in [6, 6.07) is 6.17. The third kappa shape index (κ3) is 4.73. The highest BCUT2D eigenvalue weighted by Gasteiger charge is 2.26. The molecule has 4 rings (SSSR count). The Balaban J connectivity index is 1.30. The van der Waals surface area contributed by atoms with Gasteiger partial charge in [0.25, 0.3) is 5.91 Å². The normalized spacial score (nSPS) is 14.7. The van der Waals surface area contributed by atoms with E-state index in [9.17, 15) is 14.0 Å². The summed E-state index contributed by atoms with van der Waals surface area (Å²) in [6.07, 6.45) is 3.32. The minimum absolute atomic E-state index is 0.0421. The number of amides is 2. The highest BCUT2D eigenvalue weighted by atomic mass is 32.1. The third-order valence-electron chi connectivity index (χ3n) is 5.06. The Kier molecular flexibility index (Phi) is 5.89. The van der Waals surface area contributed by atoms with Crippen molar-refractivity contribution >= 4 is 29.2 Å². The molecule has 0 aliphatic carbocycles. The molecule has 30 heavy (non-hydrogen) atoms. The first-order valence-electron chi connectivity index (χ1n) is 9.69. The minimum Gasteiger partial charge on any atom is -0.432 e. The lowest BCUT2D eigenvalue weighted by atomic mass is 9.97. The van der Waals surface area contributed by atoms with Crippen LogP contribution in [0.15, 0.2) is 40.3 Å². The van der Waals surface area contributed by atoms with Crippen molar-refractivity contribution in [1.29, 1.82) is 0 Å². The molecule has 1 aliphatic rings. The summed E-state index contributed by atoms with van der Waals surface area (Å²) in [4.78, 5) is 35.2. The van der Waals surface area contributed by atoms with E-state index in [2.05, 4.69) is 15.3 Å². The number of aromatic nitrogens is 2. The van der Waals surface area contributed by atoms with E-state index in [4.69, 9.17) is 4.42 Å². The van der Waals surface area contributed by atoms with Gasteiger partial charge < -0.3 is 9.32 Å². The Morgan fingerprint density at radius 1 is 1.23 bits per heavy atom. The standard InChI is InChI=1S/C21H21FN4O3S/c1-13-11-29-21(23-13)25-19(28)17-12-30-20(24-17)15-6-8-26(9-7-15)18(27)10-14-2-4-16(22)5-3-14/h2-5,11-12,15H,6-10H2,1H3,(H,23,25,28). The number of piperidine rings is 1. The Morgan fingerprint density at radius 2 is 1.97 bits per heavy atom. The highest BCUT2D eigenvalue weighted by molar-refractivity contribution is 7.10. The van der Waals surface area contributed by atoms with E-state index in [0.717, 1.165) is 23.4 Å². The van der Waals surface area contributed by atoms with Crippen molar-refractivity contribution in [3.63, 3.8) is 0 Å². The van der Waals surface area contributed by atoms with Crippen LogP contribution in [0, 0.1) is 12.7 Å². The van der Waals surface area contributed by atoms with Crippen molar-refractivity contribution in [2.45, 2.75) is 32.1 Å². The van der Waals surface area contributed by atoms with E-state index in [-0.39, 0.29) is 36.0 Å². The summed E-state index contributed by atoms with van der Waals surface area (Å²) < 4.78 is 18.2. The molecule has 1 fully saturated rings. The second kappa shape index (κ2) is 8.74. The molecule has 0 atom stereocenters. The molecule has 2 amide bonds. The number of hydrogen-bond acceptors (Lipinski definition) is 6. The lowest BCUT2D eigenvalue weighted by Gasteiger charge is -2.31. The van der Waals surface area contributed by atoms with Crippen LogP contribution in [0.5, 0.6) is 0 Å². The van der Waals surface area contributed by atoms with Crippen LogP contribution in [0.4, 0.5) is 10.4 Å². The van der Waals surface area contributed by atoms with Gasteiger partial charge in [-0.05, 0) is 37.5 Å². The van der Waals surface area contributed by atoms with Gasteiger partial charge in [-0.25, -0.2) is 9.37 Å². The maximum Gasteiger partial charge on any atom is 0.301 e. The summed E-state index contributed by atoms with van der Waals surface area (Å²) in [5, 5.41) is 5.22. The van der Waals surface area contributed by atoms with Gasteiger partial charge in [-0.1, -0.05) is 12.1 Å². The Morgan fingerprint density at radius 3 is 2.63 bits per heavy atom. The third-order valence-corrected chi connectivity index (χ3v) is 6.07. The number of anilines is 1. The van der Waals surface area contributed by atoms with E-state index in [1.165, 1.54) is 29.7 Å². The average Bonchev–Trinajstić information content (AvgIpc) is 3.39. The summed E-state index contributed by atoms with van der Waals surface area (Å²) >= 11 is 1.45. The fourth-order valence-corrected chi connectivity index (χ4v) is 4.39. The number of carbonyl (C=O) groups excluding carboxylic acids is 2. The van der Waals surface area contributed by atoms with E-state index in [0.29, 0.717) is 24.5 Å². The largest absolute Gasteiger partial charge is 0.432 e. The minimum atomic E-state index is -0.355. The number of aryl methyl sites for hydroxylation is 1. The van der Waals surface area contributed by atoms with Crippen LogP contribution in [0.1, 0.15) is 45.5 Å². The van der Waals surface area contributed by atoms with Crippen LogP contribution in [0.3, 0.4) is 0 Å². The topological polar surface area (TPSA) is 88.3 Å². The molecule has 0 bridgehead atoms. The van der Waals surface area contributed by atoms with Crippen LogP contribution in [0.2, 0.25) is 0 Å². The fourth-order valence-electron chi connectivity index (χ4n) is 3.42. The van der Waals surface area contributed by atoms with Crippen LogP contribution >= 0.6 is 11.3 Å². The van der Waals surface area contributed by atoms with Crippen molar-refractivity contribution in [3.8, 4) is 0 Å². The second-order valence-electron chi connectivity index (χ2n) is 7.28. The van der Waals surface area contributed by atoms with Gasteiger partial charge in [0.15, 0.2) is 0 Å². The summed E-state index contributed by atoms with van der Waals surface area (Å²) in [6.45, 7) is 3.06. The maximum atomic E-state index is 13.0. The average molecular weight is 428 g/mol. The number of rotatable bonds is 5. The first kappa shape index (κ1) is 20.2. The van der Waals surface area contributed by atoms with Crippen molar-refractivity contribution < 1.29 is 18.4 Å². The summed E-state index contributed by atoms with van der Waals surface area (Å²) in [5.74, 6) is -0.402. The molecule has 3 aromatic rings. The van der Waals surface area contributed by atoms with Crippen LogP contribution in [-0.4, -0.2) is 39.8 Å². The molecule has 1 N–H and O–H groups in total. The molecule has 0 saturated carbocycles. The molecule has 2 aromatic heterocycles. The van der Waals surface area contributed by atoms with Gasteiger partial charge in [-0.3, -0.25) is 14.9 Å². The zero-order valence-corrected chi connectivity index (χ0v) is 17.2. The van der Waals surface area contributed by atoms with Gasteiger partial charge in [0.2, 0.25) is 5.91 Å². The number of nitrogens with one attached hydrogen (secondary N) is 1. The molecular formula is C21H21FN4O3S. The van der Waals surface area contributed by atoms with Crippen molar-refractivity contribution in [2.75, 3.05) is 18.4 Å². The Hall–Kier alpha value is -3.07. The van der Waals surface area contributed by atoms with Crippen molar-refractivity contribution in [1.82, 2.24) is 14.9 Å². The monoisotopic (exact) mass is 428 g/mol. The van der Waals surface area contributed by atoms with Crippen LogP contribution < -0.4 is 5.32 Å². The first-order chi connectivity index (χ1) is 14.5. The lowest BCUT2D eigenvalue weighted by Crippen LogP contribution is -2.38. The number of thiazole rings is 1. The number of oxazole rings is 1. The molecule has 156 valence electrons. The summed E-state index contributed by atoms with van der Waals surface area (Å²) in [5.41, 5.74) is 1.83. The van der Waals surface area contributed by atoms with Crippen LogP contribution in [0.25, 0.3) is 0 Å². The summed E-state index contributed by atoms with van der Waals surface area (Å²) in [7, 11) is 0. The number of carbonyl (C=O) groups is 2. The Labute approximate surface area is 176 Å². The molecule has 0 spiro atoms. The quantitative estimate of drug-likeness (QED) is 0.668. The smallest absolute Gasteiger partial charge is 0.301 e. The van der Waals surface area contributed by atoms with Gasteiger partial charge in [-0.15, -0.1) is 11.3 Å². The maximum absolute atomic E-state index is 13.0. The van der Waals surface area contributed by atoms with Gasteiger partial charge in [-0.2, -0.15) is 4.98 Å². The van der Waals surface area contributed by atoms with Crippen LogP contribution in [-0.2, 0) is 11.2 Å². The van der Waals surface area contributed by atoms with E-state index < -0.39 is 0 Å². The number of hydrogen-bond donors (Lipinski definition) is 1. The van der Waals surface area contributed by atoms with Gasteiger partial charge >= 0.3 is 6.01 Å². The van der Waals surface area contributed by atoms with E-state index in [1.807, 2.05) is 4.90 Å². The second-order valence-corrected chi connectivity index (χ2v) is 8.17. The number of halogens is 1. The highest BCUT2D eigenvalue weighted by Crippen LogP contribution is 2.30. The lowest BCUT2D eigenvalue weighted by molar-refractivity contribution is -0.131.